The standard InChI is InChI=1S/C25H23N3O6/c1-15(29)26-17-8-10-18(11-9-17)27-22(30)14-34-25(33)16-6-12-19(13-7-16)28-23(31)20-4-2-3-5-21(20)24(28)32/h2-3,6-13,20-21H,4-5,14H2,1H3,(H,26,29)(H,27,30)/t20-,21-/m0/s1. The smallest absolute Gasteiger partial charge is 0.338 e. The summed E-state index contributed by atoms with van der Waals surface area (Å²) in [6.07, 6.45) is 4.95. The number of hydrogen-bond donors (Lipinski definition) is 2. The van der Waals surface area contributed by atoms with Gasteiger partial charge in [-0.15, -0.1) is 0 Å². The van der Waals surface area contributed by atoms with Gasteiger partial charge in [0.1, 0.15) is 0 Å². The van der Waals surface area contributed by atoms with Crippen molar-refractivity contribution >= 4 is 46.7 Å². The van der Waals surface area contributed by atoms with E-state index in [0.29, 0.717) is 29.9 Å². The predicted octanol–water partition coefficient (Wildman–Crippen LogP) is 2.90. The fourth-order valence-electron chi connectivity index (χ4n) is 4.05. The second-order valence-corrected chi connectivity index (χ2v) is 8.10. The minimum atomic E-state index is -0.709. The largest absolute Gasteiger partial charge is 0.452 e. The van der Waals surface area contributed by atoms with Crippen molar-refractivity contribution in [2.45, 2.75) is 19.8 Å². The van der Waals surface area contributed by atoms with Gasteiger partial charge in [-0.1, -0.05) is 12.2 Å². The van der Waals surface area contributed by atoms with Gasteiger partial charge in [-0.3, -0.25) is 24.1 Å². The Balaban J connectivity index is 1.31. The van der Waals surface area contributed by atoms with Gasteiger partial charge in [0.25, 0.3) is 5.91 Å². The summed E-state index contributed by atoms with van der Waals surface area (Å²) in [5.74, 6) is -2.55. The zero-order valence-electron chi connectivity index (χ0n) is 18.4. The molecule has 1 heterocycles. The third-order valence-corrected chi connectivity index (χ3v) is 5.69. The molecular formula is C25H23N3O6. The molecule has 0 saturated carbocycles. The lowest BCUT2D eigenvalue weighted by Crippen LogP contribution is -2.30. The molecule has 34 heavy (non-hydrogen) atoms. The van der Waals surface area contributed by atoms with E-state index < -0.39 is 18.5 Å². The maximum Gasteiger partial charge on any atom is 0.338 e. The highest BCUT2D eigenvalue weighted by Crippen LogP contribution is 2.37. The quantitative estimate of drug-likeness (QED) is 0.388. The van der Waals surface area contributed by atoms with Crippen LogP contribution in [0.1, 0.15) is 30.1 Å². The normalized spacial score (nSPS) is 18.9. The molecule has 0 bridgehead atoms. The zero-order valence-corrected chi connectivity index (χ0v) is 18.4. The van der Waals surface area contributed by atoms with Gasteiger partial charge in [-0.25, -0.2) is 4.79 Å². The number of anilines is 3. The molecular weight excluding hydrogens is 438 g/mol. The molecule has 0 radical (unpaired) electrons. The van der Waals surface area contributed by atoms with Crippen LogP contribution >= 0.6 is 0 Å². The average molecular weight is 461 g/mol. The molecule has 1 fully saturated rings. The Morgan fingerprint density at radius 1 is 0.853 bits per heavy atom. The third kappa shape index (κ3) is 4.88. The van der Waals surface area contributed by atoms with Crippen molar-refractivity contribution in [1.29, 1.82) is 0 Å². The van der Waals surface area contributed by atoms with Gasteiger partial charge in [0, 0.05) is 18.3 Å². The molecule has 9 nitrogen and oxygen atoms in total. The molecule has 2 aromatic carbocycles. The molecule has 9 heteroatoms. The van der Waals surface area contributed by atoms with Crippen LogP contribution in [-0.2, 0) is 23.9 Å². The topological polar surface area (TPSA) is 122 Å². The van der Waals surface area contributed by atoms with E-state index in [2.05, 4.69) is 10.6 Å². The number of carbonyl (C=O) groups excluding carboxylic acids is 5. The molecule has 4 amide bonds. The molecule has 0 aromatic heterocycles. The van der Waals surface area contributed by atoms with Crippen LogP contribution in [0.5, 0.6) is 0 Å². The Hall–Kier alpha value is -4.27. The van der Waals surface area contributed by atoms with E-state index in [0.717, 1.165) is 0 Å². The molecule has 2 aliphatic rings. The lowest BCUT2D eigenvalue weighted by Gasteiger charge is -2.15. The van der Waals surface area contributed by atoms with Gasteiger partial charge in [0.15, 0.2) is 6.61 Å². The average Bonchev–Trinajstić information content (AvgIpc) is 3.09. The first-order chi connectivity index (χ1) is 16.3. The van der Waals surface area contributed by atoms with E-state index in [1.165, 1.54) is 36.1 Å². The Bertz CT molecular complexity index is 1140. The van der Waals surface area contributed by atoms with Crippen LogP contribution in [-0.4, -0.2) is 36.2 Å². The Labute approximate surface area is 195 Å². The van der Waals surface area contributed by atoms with Crippen molar-refractivity contribution in [3.8, 4) is 0 Å². The van der Waals surface area contributed by atoms with E-state index in [-0.39, 0.29) is 35.1 Å². The van der Waals surface area contributed by atoms with E-state index in [4.69, 9.17) is 4.74 Å². The van der Waals surface area contributed by atoms with Crippen LogP contribution in [0.4, 0.5) is 17.1 Å². The first-order valence-electron chi connectivity index (χ1n) is 10.8. The third-order valence-electron chi connectivity index (χ3n) is 5.69. The van der Waals surface area contributed by atoms with Gasteiger partial charge in [0.2, 0.25) is 17.7 Å². The summed E-state index contributed by atoms with van der Waals surface area (Å²) in [5, 5.41) is 5.21. The minimum absolute atomic E-state index is 0.189. The highest BCUT2D eigenvalue weighted by Gasteiger charge is 2.47. The second kappa shape index (κ2) is 9.70. The maximum absolute atomic E-state index is 12.7. The number of amides is 4. The number of allylic oxidation sites excluding steroid dienone is 2. The molecule has 0 unspecified atom stereocenters. The molecule has 2 aromatic rings. The molecule has 2 atom stereocenters. The minimum Gasteiger partial charge on any atom is -0.452 e. The molecule has 4 rings (SSSR count). The van der Waals surface area contributed by atoms with Crippen molar-refractivity contribution in [3.63, 3.8) is 0 Å². The first-order valence-corrected chi connectivity index (χ1v) is 10.8. The van der Waals surface area contributed by atoms with E-state index >= 15 is 0 Å². The van der Waals surface area contributed by atoms with Crippen molar-refractivity contribution in [2.75, 3.05) is 22.1 Å². The number of fused-ring (bicyclic) bond motifs is 1. The highest BCUT2D eigenvalue weighted by molar-refractivity contribution is 6.22. The van der Waals surface area contributed by atoms with E-state index in [1.54, 1.807) is 24.3 Å². The Morgan fingerprint density at radius 3 is 1.91 bits per heavy atom. The number of rotatable bonds is 6. The van der Waals surface area contributed by atoms with Crippen LogP contribution in [0.15, 0.2) is 60.7 Å². The van der Waals surface area contributed by atoms with Crippen molar-refractivity contribution in [2.24, 2.45) is 11.8 Å². The Kier molecular flexibility index (Phi) is 6.53. The van der Waals surface area contributed by atoms with Gasteiger partial charge >= 0.3 is 5.97 Å². The second-order valence-electron chi connectivity index (χ2n) is 8.10. The highest BCUT2D eigenvalue weighted by atomic mass is 16.5. The summed E-state index contributed by atoms with van der Waals surface area (Å²) in [7, 11) is 0. The van der Waals surface area contributed by atoms with Gasteiger partial charge < -0.3 is 15.4 Å². The summed E-state index contributed by atoms with van der Waals surface area (Å²) in [6.45, 7) is 0.903. The van der Waals surface area contributed by atoms with Gasteiger partial charge in [0.05, 0.1) is 23.1 Å². The van der Waals surface area contributed by atoms with Crippen LogP contribution in [0.2, 0.25) is 0 Å². The van der Waals surface area contributed by atoms with Gasteiger partial charge in [-0.2, -0.15) is 0 Å². The van der Waals surface area contributed by atoms with Crippen molar-refractivity contribution < 1.29 is 28.7 Å². The predicted molar refractivity (Wildman–Crippen MR) is 124 cm³/mol. The van der Waals surface area contributed by atoms with Crippen LogP contribution in [0.25, 0.3) is 0 Å². The fraction of sp³-hybridized carbons (Fsp3) is 0.240. The number of carbonyl (C=O) groups is 5. The number of nitrogens with zero attached hydrogens (tertiary/aromatic N) is 1. The monoisotopic (exact) mass is 461 g/mol. The first kappa shape index (κ1) is 22.9. The number of esters is 1. The van der Waals surface area contributed by atoms with Crippen molar-refractivity contribution in [1.82, 2.24) is 0 Å². The lowest BCUT2D eigenvalue weighted by molar-refractivity contribution is -0.122. The number of imide groups is 1. The number of benzene rings is 2. The van der Waals surface area contributed by atoms with E-state index in [1.807, 2.05) is 12.2 Å². The van der Waals surface area contributed by atoms with Crippen LogP contribution in [0, 0.1) is 11.8 Å². The number of ether oxygens (including phenoxy) is 1. The van der Waals surface area contributed by atoms with Crippen molar-refractivity contribution in [3.05, 3.63) is 66.2 Å². The molecule has 2 N–H and O–H groups in total. The molecule has 174 valence electrons. The number of nitrogens with one attached hydrogen (secondary N) is 2. The van der Waals surface area contributed by atoms with Gasteiger partial charge in [-0.05, 0) is 61.4 Å². The summed E-state index contributed by atoms with van der Waals surface area (Å²) in [6, 6.07) is 12.4. The maximum atomic E-state index is 12.7. The summed E-state index contributed by atoms with van der Waals surface area (Å²) in [5.41, 5.74) is 1.67. The lowest BCUT2D eigenvalue weighted by atomic mass is 9.85. The fourth-order valence-corrected chi connectivity index (χ4v) is 4.05. The summed E-state index contributed by atoms with van der Waals surface area (Å²) in [4.78, 5) is 62.0. The van der Waals surface area contributed by atoms with E-state index in [9.17, 15) is 24.0 Å². The molecule has 1 aliphatic heterocycles. The molecule has 1 aliphatic carbocycles. The summed E-state index contributed by atoms with van der Waals surface area (Å²) >= 11 is 0. The van der Waals surface area contributed by atoms with Crippen LogP contribution < -0.4 is 15.5 Å². The zero-order chi connectivity index (χ0) is 24.2. The van der Waals surface area contributed by atoms with Crippen LogP contribution in [0.3, 0.4) is 0 Å². The summed E-state index contributed by atoms with van der Waals surface area (Å²) < 4.78 is 5.06. The SMILES string of the molecule is CC(=O)Nc1ccc(NC(=O)COC(=O)c2ccc(N3C(=O)[C@H]4CC=CC[C@@H]4C3=O)cc2)cc1. The number of hydrogen-bond acceptors (Lipinski definition) is 6. The Morgan fingerprint density at radius 2 is 1.38 bits per heavy atom. The molecule has 0 spiro atoms. The molecule has 1 saturated heterocycles.